The van der Waals surface area contributed by atoms with Crippen molar-refractivity contribution in [2.75, 3.05) is 5.43 Å². The molecule has 1 heterocycles. The third-order valence-corrected chi connectivity index (χ3v) is 1.77. The number of fused-ring (bicyclic) bond motifs is 1. The first-order valence-corrected chi connectivity index (χ1v) is 3.71. The van der Waals surface area contributed by atoms with Gasteiger partial charge in [0.1, 0.15) is 0 Å². The van der Waals surface area contributed by atoms with Crippen molar-refractivity contribution in [3.8, 4) is 0 Å². The molecule has 1 aromatic heterocycles. The molecule has 0 amide bonds. The second-order valence-electron chi connectivity index (χ2n) is 2.56. The Morgan fingerprint density at radius 1 is 1.25 bits per heavy atom. The van der Waals surface area contributed by atoms with Gasteiger partial charge in [0.25, 0.3) is 0 Å². The molecule has 3 N–H and O–H groups in total. The summed E-state index contributed by atoms with van der Waals surface area (Å²) in [5.74, 6) is 5.26. The van der Waals surface area contributed by atoms with Crippen molar-refractivity contribution in [2.45, 2.75) is 0 Å². The summed E-state index contributed by atoms with van der Waals surface area (Å²) in [6, 6.07) is 9.75. The third-order valence-electron chi connectivity index (χ3n) is 1.77. The van der Waals surface area contributed by atoms with Crippen LogP contribution in [0.3, 0.4) is 0 Å². The lowest BCUT2D eigenvalue weighted by molar-refractivity contribution is 1.34. The minimum atomic E-state index is 0.876. The van der Waals surface area contributed by atoms with E-state index >= 15 is 0 Å². The van der Waals surface area contributed by atoms with E-state index in [1.54, 1.807) is 6.20 Å². The van der Waals surface area contributed by atoms with Crippen LogP contribution >= 0.6 is 0 Å². The minimum Gasteiger partial charge on any atom is -0.324 e. The highest BCUT2D eigenvalue weighted by Crippen LogP contribution is 2.15. The van der Waals surface area contributed by atoms with Crippen LogP contribution in [0.5, 0.6) is 0 Å². The maximum absolute atomic E-state index is 5.26. The predicted molar refractivity (Wildman–Crippen MR) is 49.6 cm³/mol. The van der Waals surface area contributed by atoms with Gasteiger partial charge < -0.3 is 5.43 Å². The van der Waals surface area contributed by atoms with Crippen LogP contribution in [-0.4, -0.2) is 4.98 Å². The molecule has 0 atom stereocenters. The largest absolute Gasteiger partial charge is 0.324 e. The second kappa shape index (κ2) is 2.79. The molecule has 0 saturated heterocycles. The standard InChI is InChI=1S/C9H9N3/c10-12-8-4-3-7-2-1-5-11-9(7)6-8/h1-6,12H,10H2. The van der Waals surface area contributed by atoms with Crippen molar-refractivity contribution >= 4 is 16.6 Å². The van der Waals surface area contributed by atoms with Crippen molar-refractivity contribution in [1.29, 1.82) is 0 Å². The highest BCUT2D eigenvalue weighted by Gasteiger charge is 1.93. The van der Waals surface area contributed by atoms with Crippen LogP contribution < -0.4 is 11.3 Å². The fourth-order valence-electron chi connectivity index (χ4n) is 1.16. The van der Waals surface area contributed by atoms with Gasteiger partial charge in [0.2, 0.25) is 0 Å². The van der Waals surface area contributed by atoms with Crippen LogP contribution in [0.2, 0.25) is 0 Å². The minimum absolute atomic E-state index is 0.876. The first-order chi connectivity index (χ1) is 5.90. The zero-order valence-corrected chi connectivity index (χ0v) is 6.49. The number of aromatic nitrogens is 1. The van der Waals surface area contributed by atoms with Gasteiger partial charge in [-0.2, -0.15) is 0 Å². The van der Waals surface area contributed by atoms with E-state index in [4.69, 9.17) is 5.84 Å². The smallest absolute Gasteiger partial charge is 0.0722 e. The lowest BCUT2D eigenvalue weighted by atomic mass is 10.2. The first kappa shape index (κ1) is 7.06. The summed E-state index contributed by atoms with van der Waals surface area (Å²) in [4.78, 5) is 4.19. The molecule has 0 aliphatic carbocycles. The Hall–Kier alpha value is -1.61. The molecule has 3 heteroatoms. The number of hydrazine groups is 1. The number of anilines is 1. The average molecular weight is 159 g/mol. The monoisotopic (exact) mass is 159 g/mol. The number of nitrogen functional groups attached to an aromatic ring is 1. The molecule has 60 valence electrons. The van der Waals surface area contributed by atoms with Crippen molar-refractivity contribution in [3.05, 3.63) is 36.5 Å². The number of nitrogens with one attached hydrogen (secondary N) is 1. The molecule has 0 unspecified atom stereocenters. The molecule has 0 spiro atoms. The summed E-state index contributed by atoms with van der Waals surface area (Å²) < 4.78 is 0. The Balaban J connectivity index is 2.67. The van der Waals surface area contributed by atoms with E-state index in [1.807, 2.05) is 30.3 Å². The van der Waals surface area contributed by atoms with Crippen LogP contribution in [0.1, 0.15) is 0 Å². The fourth-order valence-corrected chi connectivity index (χ4v) is 1.16. The highest BCUT2D eigenvalue weighted by atomic mass is 15.2. The van der Waals surface area contributed by atoms with Crippen LogP contribution in [-0.2, 0) is 0 Å². The lowest BCUT2D eigenvalue weighted by Gasteiger charge is -2.00. The molecule has 0 radical (unpaired) electrons. The molecule has 0 bridgehead atoms. The molecule has 3 nitrogen and oxygen atoms in total. The van der Waals surface area contributed by atoms with Crippen molar-refractivity contribution < 1.29 is 0 Å². The van der Waals surface area contributed by atoms with Gasteiger partial charge in [-0.25, -0.2) is 0 Å². The number of rotatable bonds is 1. The molecule has 12 heavy (non-hydrogen) atoms. The Kier molecular flexibility index (Phi) is 1.64. The Morgan fingerprint density at radius 2 is 2.17 bits per heavy atom. The molecule has 0 aliphatic heterocycles. The van der Waals surface area contributed by atoms with Gasteiger partial charge in [0, 0.05) is 11.6 Å². The highest BCUT2D eigenvalue weighted by molar-refractivity contribution is 5.81. The van der Waals surface area contributed by atoms with Gasteiger partial charge in [-0.1, -0.05) is 12.1 Å². The first-order valence-electron chi connectivity index (χ1n) is 3.71. The van der Waals surface area contributed by atoms with E-state index in [1.165, 1.54) is 0 Å². The van der Waals surface area contributed by atoms with Crippen LogP contribution in [0.4, 0.5) is 5.69 Å². The molecular weight excluding hydrogens is 150 g/mol. The Labute approximate surface area is 70.2 Å². The predicted octanol–water partition coefficient (Wildman–Crippen LogP) is 1.52. The molecule has 2 rings (SSSR count). The van der Waals surface area contributed by atoms with Gasteiger partial charge in [-0.15, -0.1) is 0 Å². The normalized spacial score (nSPS) is 10.1. The van der Waals surface area contributed by atoms with E-state index in [9.17, 15) is 0 Å². The van der Waals surface area contributed by atoms with Crippen LogP contribution in [0, 0.1) is 0 Å². The summed E-state index contributed by atoms with van der Waals surface area (Å²) >= 11 is 0. The lowest BCUT2D eigenvalue weighted by Crippen LogP contribution is -2.06. The number of pyridine rings is 1. The van der Waals surface area contributed by atoms with E-state index in [-0.39, 0.29) is 0 Å². The summed E-state index contributed by atoms with van der Waals surface area (Å²) in [5.41, 5.74) is 4.41. The fraction of sp³-hybridized carbons (Fsp3) is 0. The van der Waals surface area contributed by atoms with E-state index in [2.05, 4.69) is 10.4 Å². The number of nitrogens with zero attached hydrogens (tertiary/aromatic N) is 1. The number of hydrogen-bond acceptors (Lipinski definition) is 3. The van der Waals surface area contributed by atoms with Gasteiger partial charge >= 0.3 is 0 Å². The number of nitrogens with two attached hydrogens (primary N) is 1. The number of benzene rings is 1. The topological polar surface area (TPSA) is 50.9 Å². The zero-order valence-electron chi connectivity index (χ0n) is 6.49. The average Bonchev–Trinajstić information content (AvgIpc) is 2.17. The summed E-state index contributed by atoms with van der Waals surface area (Å²) in [6.45, 7) is 0. The molecular formula is C9H9N3. The maximum Gasteiger partial charge on any atom is 0.0722 e. The zero-order chi connectivity index (χ0) is 8.39. The summed E-state index contributed by atoms with van der Waals surface area (Å²) in [6.07, 6.45) is 1.77. The van der Waals surface area contributed by atoms with Crippen LogP contribution in [0.25, 0.3) is 10.9 Å². The van der Waals surface area contributed by atoms with E-state index in [0.717, 1.165) is 16.6 Å². The summed E-state index contributed by atoms with van der Waals surface area (Å²) in [7, 11) is 0. The molecule has 0 aliphatic rings. The van der Waals surface area contributed by atoms with Crippen molar-refractivity contribution in [2.24, 2.45) is 5.84 Å². The Morgan fingerprint density at radius 3 is 3.00 bits per heavy atom. The van der Waals surface area contributed by atoms with E-state index in [0.29, 0.717) is 0 Å². The molecule has 1 aromatic carbocycles. The van der Waals surface area contributed by atoms with Gasteiger partial charge in [0.15, 0.2) is 0 Å². The van der Waals surface area contributed by atoms with Crippen molar-refractivity contribution in [1.82, 2.24) is 4.98 Å². The van der Waals surface area contributed by atoms with Gasteiger partial charge in [-0.3, -0.25) is 10.8 Å². The SMILES string of the molecule is NNc1ccc2cccnc2c1. The van der Waals surface area contributed by atoms with Crippen molar-refractivity contribution in [3.63, 3.8) is 0 Å². The molecule has 0 saturated carbocycles. The van der Waals surface area contributed by atoms with Crippen LogP contribution in [0.15, 0.2) is 36.5 Å². The summed E-state index contributed by atoms with van der Waals surface area (Å²) in [5, 5.41) is 1.12. The molecule has 2 aromatic rings. The number of hydrogen-bond donors (Lipinski definition) is 2. The van der Waals surface area contributed by atoms with Gasteiger partial charge in [-0.05, 0) is 18.2 Å². The third kappa shape index (κ3) is 1.10. The second-order valence-corrected chi connectivity index (χ2v) is 2.56. The molecule has 0 fully saturated rings. The van der Waals surface area contributed by atoms with E-state index < -0.39 is 0 Å². The quantitative estimate of drug-likeness (QED) is 0.490. The van der Waals surface area contributed by atoms with Gasteiger partial charge in [0.05, 0.1) is 11.2 Å². The maximum atomic E-state index is 5.26. The Bertz CT molecular complexity index is 398.